The van der Waals surface area contributed by atoms with Crippen LogP contribution in [0.15, 0.2) is 77.2 Å². The third-order valence-corrected chi connectivity index (χ3v) is 8.00. The summed E-state index contributed by atoms with van der Waals surface area (Å²) in [6, 6.07) is 18.0. The zero-order valence-corrected chi connectivity index (χ0v) is 22.0. The minimum Gasteiger partial charge on any atom is -0.291 e. The number of allylic oxidation sites excluding steroid dienone is 1. The van der Waals surface area contributed by atoms with E-state index in [0.717, 1.165) is 33.0 Å². The van der Waals surface area contributed by atoms with E-state index in [9.17, 15) is 9.59 Å². The molecule has 0 saturated heterocycles. The standard InChI is InChI=1S/C29H30N4O3S/c1-20-24(22-10-5-4-6-11-22)15-26-27(16-25(20)28(34)31(2)36-3)32(18-21-9-7-13-30-17-21)29(35)33(26)19-23-12-8-14-37-23/h4-15,17,20,25H,16,18-19H2,1-3H3/t20-,25?/m1/s1. The fourth-order valence-electron chi connectivity index (χ4n) is 5.06. The number of pyridine rings is 1. The molecule has 1 aliphatic carbocycles. The van der Waals surface area contributed by atoms with Gasteiger partial charge in [-0.2, -0.15) is 0 Å². The maximum absolute atomic E-state index is 14.0. The van der Waals surface area contributed by atoms with Gasteiger partial charge in [-0.1, -0.05) is 49.4 Å². The van der Waals surface area contributed by atoms with E-state index in [1.807, 2.05) is 57.0 Å². The minimum atomic E-state index is -0.408. The van der Waals surface area contributed by atoms with E-state index in [2.05, 4.69) is 30.1 Å². The summed E-state index contributed by atoms with van der Waals surface area (Å²) in [4.78, 5) is 38.2. The Kier molecular flexibility index (Phi) is 7.21. The Morgan fingerprint density at radius 2 is 1.92 bits per heavy atom. The largest absolute Gasteiger partial charge is 0.329 e. The number of thiophene rings is 1. The molecule has 1 aromatic carbocycles. The second-order valence-electron chi connectivity index (χ2n) is 9.31. The number of hydrogen-bond donors (Lipinski definition) is 0. The molecule has 0 radical (unpaired) electrons. The smallest absolute Gasteiger partial charge is 0.291 e. The Labute approximate surface area is 220 Å². The number of carbonyl (C=O) groups excluding carboxylic acids is 1. The van der Waals surface area contributed by atoms with E-state index >= 15 is 0 Å². The number of fused-ring (bicyclic) bond motifs is 1. The van der Waals surface area contributed by atoms with Gasteiger partial charge in [0.1, 0.15) is 0 Å². The topological polar surface area (TPSA) is 69.4 Å². The lowest BCUT2D eigenvalue weighted by molar-refractivity contribution is -0.174. The quantitative estimate of drug-likeness (QED) is 0.339. The second-order valence-corrected chi connectivity index (χ2v) is 10.3. The van der Waals surface area contributed by atoms with Gasteiger partial charge in [0, 0.05) is 36.4 Å². The first-order chi connectivity index (χ1) is 18.0. The van der Waals surface area contributed by atoms with Gasteiger partial charge in [-0.3, -0.25) is 23.8 Å². The van der Waals surface area contributed by atoms with Gasteiger partial charge in [0.2, 0.25) is 5.91 Å². The van der Waals surface area contributed by atoms with Crippen LogP contribution in [0.2, 0.25) is 0 Å². The minimum absolute atomic E-state index is 0.0910. The van der Waals surface area contributed by atoms with Crippen LogP contribution < -0.4 is 5.69 Å². The summed E-state index contributed by atoms with van der Waals surface area (Å²) >= 11 is 1.63. The van der Waals surface area contributed by atoms with Crippen molar-refractivity contribution in [3.05, 3.63) is 110 Å². The predicted octanol–water partition coefficient (Wildman–Crippen LogP) is 4.57. The molecule has 0 aliphatic heterocycles. The lowest BCUT2D eigenvalue weighted by Gasteiger charge is -2.27. The number of hydroxylamine groups is 2. The van der Waals surface area contributed by atoms with Crippen molar-refractivity contribution < 1.29 is 9.63 Å². The fourth-order valence-corrected chi connectivity index (χ4v) is 5.76. The summed E-state index contributed by atoms with van der Waals surface area (Å²) in [5.41, 5.74) is 4.61. The molecule has 190 valence electrons. The van der Waals surface area contributed by atoms with E-state index in [0.29, 0.717) is 19.5 Å². The molecular formula is C29H30N4O3S. The van der Waals surface area contributed by atoms with Gasteiger partial charge in [-0.05, 0) is 46.2 Å². The van der Waals surface area contributed by atoms with E-state index in [-0.39, 0.29) is 17.5 Å². The zero-order chi connectivity index (χ0) is 25.9. The first-order valence-electron chi connectivity index (χ1n) is 12.3. The maximum atomic E-state index is 14.0. The molecule has 0 saturated carbocycles. The number of imidazole rings is 1. The molecule has 1 unspecified atom stereocenters. The normalized spacial score (nSPS) is 17.1. The van der Waals surface area contributed by atoms with E-state index in [1.54, 1.807) is 30.8 Å². The Bertz CT molecular complexity index is 1460. The van der Waals surface area contributed by atoms with Crippen LogP contribution >= 0.6 is 11.3 Å². The maximum Gasteiger partial charge on any atom is 0.329 e. The summed E-state index contributed by atoms with van der Waals surface area (Å²) in [5.74, 6) is -0.622. The lowest BCUT2D eigenvalue weighted by Crippen LogP contribution is -2.37. The van der Waals surface area contributed by atoms with Gasteiger partial charge < -0.3 is 0 Å². The van der Waals surface area contributed by atoms with Crippen LogP contribution in [-0.4, -0.2) is 39.2 Å². The number of hydrogen-bond acceptors (Lipinski definition) is 5. The number of carbonyl (C=O) groups is 1. The van der Waals surface area contributed by atoms with Crippen LogP contribution in [0.3, 0.4) is 0 Å². The molecule has 1 amide bonds. The highest BCUT2D eigenvalue weighted by Gasteiger charge is 2.36. The van der Waals surface area contributed by atoms with Crippen LogP contribution in [0.5, 0.6) is 0 Å². The first kappa shape index (κ1) is 24.9. The zero-order valence-electron chi connectivity index (χ0n) is 21.2. The van der Waals surface area contributed by atoms with E-state index in [1.165, 1.54) is 12.2 Å². The van der Waals surface area contributed by atoms with Crippen LogP contribution in [0, 0.1) is 11.8 Å². The Balaban J connectivity index is 1.73. The van der Waals surface area contributed by atoms with Crippen molar-refractivity contribution in [3.63, 3.8) is 0 Å². The van der Waals surface area contributed by atoms with Gasteiger partial charge in [-0.25, -0.2) is 9.86 Å². The Morgan fingerprint density at radius 3 is 2.59 bits per heavy atom. The third kappa shape index (κ3) is 4.95. The van der Waals surface area contributed by atoms with E-state index in [4.69, 9.17) is 4.84 Å². The molecule has 7 nitrogen and oxygen atoms in total. The average molecular weight is 515 g/mol. The number of amides is 1. The number of rotatable bonds is 7. The van der Waals surface area contributed by atoms with Gasteiger partial charge >= 0.3 is 5.69 Å². The lowest BCUT2D eigenvalue weighted by atomic mass is 9.82. The van der Waals surface area contributed by atoms with Crippen molar-refractivity contribution in [2.75, 3.05) is 14.2 Å². The number of aromatic nitrogens is 3. The van der Waals surface area contributed by atoms with Crippen LogP contribution in [-0.2, 0) is 29.1 Å². The molecular weight excluding hydrogens is 484 g/mol. The van der Waals surface area contributed by atoms with Crippen molar-refractivity contribution in [2.24, 2.45) is 11.8 Å². The molecule has 0 N–H and O–H groups in total. The van der Waals surface area contributed by atoms with Crippen LogP contribution in [0.4, 0.5) is 0 Å². The van der Waals surface area contributed by atoms with Crippen LogP contribution in [0.25, 0.3) is 11.6 Å². The molecule has 1 aliphatic rings. The molecule has 5 rings (SSSR count). The van der Waals surface area contributed by atoms with Crippen LogP contribution in [0.1, 0.15) is 34.3 Å². The summed E-state index contributed by atoms with van der Waals surface area (Å²) in [6.45, 7) is 2.95. The molecule has 0 spiro atoms. The predicted molar refractivity (Wildman–Crippen MR) is 146 cm³/mol. The SMILES string of the molecule is CON(C)C(=O)C1Cc2c(n(Cc3cccs3)c(=O)n2Cc2cccnc2)C=C(c2ccccc2)[C@H]1C. The number of benzene rings is 1. The highest BCUT2D eigenvalue weighted by Crippen LogP contribution is 2.38. The fraction of sp³-hybridized carbons (Fsp3) is 0.276. The Hall–Kier alpha value is -3.75. The van der Waals surface area contributed by atoms with E-state index < -0.39 is 5.92 Å². The summed E-state index contributed by atoms with van der Waals surface area (Å²) in [5, 5.41) is 3.31. The van der Waals surface area contributed by atoms with Gasteiger partial charge in [0.05, 0.1) is 31.8 Å². The molecule has 2 atom stereocenters. The summed E-state index contributed by atoms with van der Waals surface area (Å²) < 4.78 is 3.66. The molecule has 37 heavy (non-hydrogen) atoms. The van der Waals surface area contributed by atoms with Crippen molar-refractivity contribution in [1.29, 1.82) is 0 Å². The highest BCUT2D eigenvalue weighted by molar-refractivity contribution is 7.09. The molecule has 4 aromatic rings. The molecule has 3 heterocycles. The molecule has 3 aromatic heterocycles. The van der Waals surface area contributed by atoms with Gasteiger partial charge in [0.25, 0.3) is 0 Å². The highest BCUT2D eigenvalue weighted by atomic mass is 32.1. The van der Waals surface area contributed by atoms with Crippen molar-refractivity contribution >= 4 is 28.9 Å². The first-order valence-corrected chi connectivity index (χ1v) is 13.2. The third-order valence-electron chi connectivity index (χ3n) is 7.14. The van der Waals surface area contributed by atoms with Crippen molar-refractivity contribution in [1.82, 2.24) is 19.2 Å². The number of nitrogens with zero attached hydrogens (tertiary/aromatic N) is 4. The second kappa shape index (κ2) is 10.7. The van der Waals surface area contributed by atoms with Gasteiger partial charge in [0.15, 0.2) is 0 Å². The van der Waals surface area contributed by atoms with Crippen molar-refractivity contribution in [3.8, 4) is 0 Å². The molecule has 0 bridgehead atoms. The molecule has 0 fully saturated rings. The van der Waals surface area contributed by atoms with Crippen molar-refractivity contribution in [2.45, 2.75) is 26.4 Å². The average Bonchev–Trinajstić information content (AvgIpc) is 3.49. The molecule has 8 heteroatoms. The Morgan fingerprint density at radius 1 is 1.11 bits per heavy atom. The summed E-state index contributed by atoms with van der Waals surface area (Å²) in [7, 11) is 3.13. The monoisotopic (exact) mass is 514 g/mol. The van der Waals surface area contributed by atoms with Gasteiger partial charge in [-0.15, -0.1) is 11.3 Å². The summed E-state index contributed by atoms with van der Waals surface area (Å²) in [6.07, 6.45) is 6.04.